The predicted molar refractivity (Wildman–Crippen MR) is 88.8 cm³/mol. The number of carbonyl (C=O) groups excluding carboxylic acids is 1. The Balaban J connectivity index is 2.68. The highest BCUT2D eigenvalue weighted by Crippen LogP contribution is 2.46. The van der Waals surface area contributed by atoms with Crippen molar-refractivity contribution in [1.29, 1.82) is 0 Å². The molecule has 1 aliphatic rings. The molecular weight excluding hydrogens is 296 g/mol. The molecule has 23 heavy (non-hydrogen) atoms. The Morgan fingerprint density at radius 3 is 2.39 bits per heavy atom. The standard InChI is InChI=1S/C17H30N2O4/c1-17(2,3)13(11-5-6-11)8-7-12(10-23-4)19-16(22)14(18)9-15(20)21/h7-8,11-14H,5-6,9-10,18H2,1-4H3,(H,19,22)(H,20,21)/t12?,13?,14-/m0/s1. The molecule has 0 aromatic heterocycles. The predicted octanol–water partition coefficient (Wildman–Crippen LogP) is 1.55. The topological polar surface area (TPSA) is 102 Å². The van der Waals surface area contributed by atoms with Crippen molar-refractivity contribution in [3.05, 3.63) is 12.2 Å². The molecule has 6 nitrogen and oxygen atoms in total. The van der Waals surface area contributed by atoms with Crippen LogP contribution in [0, 0.1) is 17.3 Å². The summed E-state index contributed by atoms with van der Waals surface area (Å²) in [6.45, 7) is 6.97. The van der Waals surface area contributed by atoms with Gasteiger partial charge in [0.1, 0.15) is 0 Å². The number of amides is 1. The highest BCUT2D eigenvalue weighted by atomic mass is 16.5. The molecule has 1 rings (SSSR count). The lowest BCUT2D eigenvalue weighted by molar-refractivity contribution is -0.139. The van der Waals surface area contributed by atoms with Crippen molar-refractivity contribution >= 4 is 11.9 Å². The van der Waals surface area contributed by atoms with E-state index in [1.165, 1.54) is 12.8 Å². The highest BCUT2D eigenvalue weighted by Gasteiger charge is 2.36. The molecule has 3 atom stereocenters. The van der Waals surface area contributed by atoms with E-state index in [1.54, 1.807) is 7.11 Å². The Kier molecular flexibility index (Phi) is 7.22. The minimum Gasteiger partial charge on any atom is -0.481 e. The number of carbonyl (C=O) groups is 2. The number of nitrogens with two attached hydrogens (primary N) is 1. The molecule has 0 aliphatic heterocycles. The van der Waals surface area contributed by atoms with Crippen molar-refractivity contribution in [1.82, 2.24) is 5.32 Å². The average Bonchev–Trinajstić information content (AvgIpc) is 3.21. The largest absolute Gasteiger partial charge is 0.481 e. The minimum atomic E-state index is -1.09. The van der Waals surface area contributed by atoms with E-state index in [9.17, 15) is 9.59 Å². The highest BCUT2D eigenvalue weighted by molar-refractivity contribution is 5.86. The fourth-order valence-corrected chi connectivity index (χ4v) is 2.76. The van der Waals surface area contributed by atoms with Crippen LogP contribution in [0.5, 0.6) is 0 Å². The van der Waals surface area contributed by atoms with E-state index in [1.807, 2.05) is 6.08 Å². The van der Waals surface area contributed by atoms with Crippen LogP contribution >= 0.6 is 0 Å². The number of rotatable bonds is 9. The summed E-state index contributed by atoms with van der Waals surface area (Å²) in [4.78, 5) is 22.6. The third-order valence-electron chi connectivity index (χ3n) is 4.09. The average molecular weight is 326 g/mol. The van der Waals surface area contributed by atoms with Gasteiger partial charge >= 0.3 is 5.97 Å². The van der Waals surface area contributed by atoms with Crippen LogP contribution in [0.3, 0.4) is 0 Å². The van der Waals surface area contributed by atoms with Crippen molar-refractivity contribution in [2.24, 2.45) is 23.0 Å². The summed E-state index contributed by atoms with van der Waals surface area (Å²) < 4.78 is 5.14. The van der Waals surface area contributed by atoms with Crippen molar-refractivity contribution in [2.75, 3.05) is 13.7 Å². The summed E-state index contributed by atoms with van der Waals surface area (Å²) in [6.07, 6.45) is 6.21. The molecule has 0 aromatic rings. The zero-order valence-electron chi connectivity index (χ0n) is 14.5. The number of nitrogens with one attached hydrogen (secondary N) is 1. The quantitative estimate of drug-likeness (QED) is 0.558. The molecule has 1 saturated carbocycles. The van der Waals surface area contributed by atoms with E-state index in [0.717, 1.165) is 0 Å². The zero-order valence-corrected chi connectivity index (χ0v) is 14.5. The van der Waals surface area contributed by atoms with Gasteiger partial charge in [-0.1, -0.05) is 32.9 Å². The van der Waals surface area contributed by atoms with Crippen LogP contribution in [-0.4, -0.2) is 42.8 Å². The molecule has 2 unspecified atom stereocenters. The summed E-state index contributed by atoms with van der Waals surface area (Å²) in [7, 11) is 1.56. The second-order valence-corrected chi connectivity index (χ2v) is 7.39. The summed E-state index contributed by atoms with van der Waals surface area (Å²) in [5, 5.41) is 11.5. The molecule has 0 aromatic carbocycles. The third-order valence-corrected chi connectivity index (χ3v) is 4.09. The molecule has 0 saturated heterocycles. The first kappa shape index (κ1) is 19.6. The Bertz CT molecular complexity index is 438. The maximum atomic E-state index is 12.0. The van der Waals surface area contributed by atoms with Crippen LogP contribution in [0.1, 0.15) is 40.0 Å². The van der Waals surface area contributed by atoms with Gasteiger partial charge in [0, 0.05) is 7.11 Å². The van der Waals surface area contributed by atoms with E-state index in [4.69, 9.17) is 15.6 Å². The smallest absolute Gasteiger partial charge is 0.305 e. The van der Waals surface area contributed by atoms with Crippen molar-refractivity contribution in [3.8, 4) is 0 Å². The molecule has 1 amide bonds. The van der Waals surface area contributed by atoms with Gasteiger partial charge in [0.2, 0.25) is 5.91 Å². The molecule has 0 heterocycles. The number of carboxylic acids is 1. The van der Waals surface area contributed by atoms with Crippen LogP contribution in [0.15, 0.2) is 12.2 Å². The van der Waals surface area contributed by atoms with Gasteiger partial charge < -0.3 is 20.9 Å². The first-order valence-corrected chi connectivity index (χ1v) is 8.10. The Morgan fingerprint density at radius 1 is 1.35 bits per heavy atom. The lowest BCUT2D eigenvalue weighted by atomic mass is 9.77. The number of hydrogen-bond acceptors (Lipinski definition) is 4. The van der Waals surface area contributed by atoms with Gasteiger partial charge in [-0.2, -0.15) is 0 Å². The SMILES string of the molecule is COCC(C=CC(C1CC1)C(C)(C)C)NC(=O)[C@@H](N)CC(=O)O. The molecule has 1 fully saturated rings. The van der Waals surface area contributed by atoms with Crippen LogP contribution < -0.4 is 11.1 Å². The lowest BCUT2D eigenvalue weighted by Gasteiger charge is -2.29. The van der Waals surface area contributed by atoms with Crippen LogP contribution in [-0.2, 0) is 14.3 Å². The lowest BCUT2D eigenvalue weighted by Crippen LogP contribution is -2.47. The first-order chi connectivity index (χ1) is 10.6. The number of hydrogen-bond donors (Lipinski definition) is 3. The second kappa shape index (κ2) is 8.45. The van der Waals surface area contributed by atoms with Gasteiger partial charge in [-0.15, -0.1) is 0 Å². The molecule has 0 radical (unpaired) electrons. The number of carboxylic acid groups (broad SMARTS) is 1. The molecular formula is C17H30N2O4. The molecule has 132 valence electrons. The van der Waals surface area contributed by atoms with E-state index >= 15 is 0 Å². The monoisotopic (exact) mass is 326 g/mol. The maximum absolute atomic E-state index is 12.0. The third kappa shape index (κ3) is 7.14. The van der Waals surface area contributed by atoms with Crippen molar-refractivity contribution < 1.29 is 19.4 Å². The molecule has 0 spiro atoms. The second-order valence-electron chi connectivity index (χ2n) is 7.39. The van der Waals surface area contributed by atoms with Gasteiger partial charge in [-0.05, 0) is 30.1 Å². The van der Waals surface area contributed by atoms with Crippen LogP contribution in [0.4, 0.5) is 0 Å². The normalized spacial score (nSPS) is 19.3. The van der Waals surface area contributed by atoms with E-state index < -0.39 is 17.9 Å². The molecule has 4 N–H and O–H groups in total. The molecule has 6 heteroatoms. The summed E-state index contributed by atoms with van der Waals surface area (Å²) in [5.41, 5.74) is 5.75. The number of aliphatic carboxylic acids is 1. The zero-order chi connectivity index (χ0) is 17.6. The summed E-state index contributed by atoms with van der Waals surface area (Å²) >= 11 is 0. The number of ether oxygens (including phenoxy) is 1. The maximum Gasteiger partial charge on any atom is 0.305 e. The first-order valence-electron chi connectivity index (χ1n) is 8.10. The van der Waals surface area contributed by atoms with Crippen LogP contribution in [0.2, 0.25) is 0 Å². The molecule has 1 aliphatic carbocycles. The number of allylic oxidation sites excluding steroid dienone is 1. The Morgan fingerprint density at radius 2 is 1.96 bits per heavy atom. The number of methoxy groups -OCH3 is 1. The van der Waals surface area contributed by atoms with Crippen molar-refractivity contribution in [3.63, 3.8) is 0 Å². The minimum absolute atomic E-state index is 0.166. The van der Waals surface area contributed by atoms with E-state index in [2.05, 4.69) is 32.2 Å². The van der Waals surface area contributed by atoms with E-state index in [-0.39, 0.29) is 17.9 Å². The van der Waals surface area contributed by atoms with Gasteiger partial charge in [0.15, 0.2) is 0 Å². The Hall–Kier alpha value is -1.40. The van der Waals surface area contributed by atoms with Gasteiger partial charge in [0.05, 0.1) is 25.1 Å². The Labute approximate surface area is 138 Å². The van der Waals surface area contributed by atoms with Crippen LogP contribution in [0.25, 0.3) is 0 Å². The summed E-state index contributed by atoms with van der Waals surface area (Å²) in [5.74, 6) is -0.406. The van der Waals surface area contributed by atoms with E-state index in [0.29, 0.717) is 18.4 Å². The van der Waals surface area contributed by atoms with Crippen molar-refractivity contribution in [2.45, 2.75) is 52.1 Å². The molecule has 0 bridgehead atoms. The fourth-order valence-electron chi connectivity index (χ4n) is 2.76. The summed E-state index contributed by atoms with van der Waals surface area (Å²) in [6, 6.07) is -1.36. The van der Waals surface area contributed by atoms with Gasteiger partial charge in [-0.25, -0.2) is 0 Å². The van der Waals surface area contributed by atoms with Gasteiger partial charge in [0.25, 0.3) is 0 Å². The van der Waals surface area contributed by atoms with Gasteiger partial charge in [-0.3, -0.25) is 9.59 Å². The fraction of sp³-hybridized carbons (Fsp3) is 0.765.